The van der Waals surface area contributed by atoms with E-state index in [0.29, 0.717) is 13.0 Å². The summed E-state index contributed by atoms with van der Waals surface area (Å²) in [5.74, 6) is 1.06. The summed E-state index contributed by atoms with van der Waals surface area (Å²) in [5, 5.41) is 0.944. The van der Waals surface area contributed by atoms with Crippen molar-refractivity contribution in [3.05, 3.63) is 23.9 Å². The Morgan fingerprint density at radius 2 is 2.12 bits per heavy atom. The van der Waals surface area contributed by atoms with Crippen molar-refractivity contribution in [2.75, 3.05) is 19.4 Å². The van der Waals surface area contributed by atoms with E-state index in [1.165, 1.54) is 0 Å². The van der Waals surface area contributed by atoms with Gasteiger partial charge in [0.1, 0.15) is 5.75 Å². The van der Waals surface area contributed by atoms with Crippen LogP contribution in [0, 0.1) is 0 Å². The number of fused-ring (bicyclic) bond motifs is 1. The number of nitrogens with zero attached hydrogens (tertiary/aromatic N) is 2. The number of hydrogen-bond acceptors (Lipinski definition) is 5. The average molecular weight is 218 g/mol. The highest BCUT2D eigenvalue weighted by atomic mass is 16.5. The predicted octanol–water partition coefficient (Wildman–Crippen LogP) is 0.722. The molecule has 0 radical (unpaired) electrons. The van der Waals surface area contributed by atoms with Crippen molar-refractivity contribution in [2.45, 2.75) is 6.42 Å². The lowest BCUT2D eigenvalue weighted by atomic mass is 10.1. The number of nitrogen functional groups attached to an aromatic ring is 1. The van der Waals surface area contributed by atoms with Gasteiger partial charge >= 0.3 is 0 Å². The number of rotatable bonds is 3. The van der Waals surface area contributed by atoms with Gasteiger partial charge in [-0.25, -0.2) is 9.97 Å². The van der Waals surface area contributed by atoms with Crippen LogP contribution in [-0.2, 0) is 6.42 Å². The van der Waals surface area contributed by atoms with Gasteiger partial charge in [0.2, 0.25) is 5.95 Å². The Morgan fingerprint density at radius 3 is 2.81 bits per heavy atom. The normalized spacial score (nSPS) is 10.6. The third-order valence-electron chi connectivity index (χ3n) is 2.38. The summed E-state index contributed by atoms with van der Waals surface area (Å²) in [6.07, 6.45) is 0.677. The smallest absolute Gasteiger partial charge is 0.220 e. The second-order valence-electron chi connectivity index (χ2n) is 3.45. The summed E-state index contributed by atoms with van der Waals surface area (Å²) in [4.78, 5) is 8.36. The predicted molar refractivity (Wildman–Crippen MR) is 63.3 cm³/mol. The van der Waals surface area contributed by atoms with Crippen LogP contribution in [0.25, 0.3) is 10.9 Å². The van der Waals surface area contributed by atoms with Gasteiger partial charge in [0.25, 0.3) is 0 Å². The van der Waals surface area contributed by atoms with E-state index >= 15 is 0 Å². The molecule has 0 aliphatic heterocycles. The quantitative estimate of drug-likeness (QED) is 0.792. The van der Waals surface area contributed by atoms with Crippen molar-refractivity contribution in [3.8, 4) is 5.75 Å². The fourth-order valence-electron chi connectivity index (χ4n) is 1.64. The Kier molecular flexibility index (Phi) is 2.87. The van der Waals surface area contributed by atoms with Crippen molar-refractivity contribution >= 4 is 16.9 Å². The van der Waals surface area contributed by atoms with Gasteiger partial charge < -0.3 is 16.2 Å². The lowest BCUT2D eigenvalue weighted by molar-refractivity contribution is 0.415. The molecule has 0 aliphatic rings. The molecule has 1 aromatic heterocycles. The van der Waals surface area contributed by atoms with Gasteiger partial charge in [0.15, 0.2) is 0 Å². The van der Waals surface area contributed by atoms with Gasteiger partial charge in [-0.3, -0.25) is 0 Å². The van der Waals surface area contributed by atoms with Crippen molar-refractivity contribution < 1.29 is 4.74 Å². The molecule has 0 amide bonds. The first kappa shape index (κ1) is 10.6. The fraction of sp³-hybridized carbons (Fsp3) is 0.273. The van der Waals surface area contributed by atoms with Crippen LogP contribution in [0.3, 0.4) is 0 Å². The zero-order valence-corrected chi connectivity index (χ0v) is 9.10. The highest BCUT2D eigenvalue weighted by Gasteiger charge is 2.06. The fourth-order valence-corrected chi connectivity index (χ4v) is 1.64. The van der Waals surface area contributed by atoms with Gasteiger partial charge in [0.05, 0.1) is 18.3 Å². The van der Waals surface area contributed by atoms with Gasteiger partial charge in [-0.2, -0.15) is 0 Å². The van der Waals surface area contributed by atoms with Gasteiger partial charge in [-0.05, 0) is 24.7 Å². The van der Waals surface area contributed by atoms with Gasteiger partial charge in [-0.1, -0.05) is 0 Å². The van der Waals surface area contributed by atoms with Crippen LogP contribution in [0.4, 0.5) is 5.95 Å². The largest absolute Gasteiger partial charge is 0.497 e. The minimum absolute atomic E-state index is 0.279. The van der Waals surface area contributed by atoms with E-state index < -0.39 is 0 Å². The Balaban J connectivity index is 2.65. The first-order chi connectivity index (χ1) is 7.74. The summed E-state index contributed by atoms with van der Waals surface area (Å²) in [6, 6.07) is 5.62. The zero-order chi connectivity index (χ0) is 11.5. The lowest BCUT2D eigenvalue weighted by Crippen LogP contribution is -2.07. The third kappa shape index (κ3) is 1.90. The average Bonchev–Trinajstić information content (AvgIpc) is 2.29. The van der Waals surface area contributed by atoms with Crippen LogP contribution in [0.2, 0.25) is 0 Å². The molecular weight excluding hydrogens is 204 g/mol. The highest BCUT2D eigenvalue weighted by Crippen LogP contribution is 2.22. The van der Waals surface area contributed by atoms with Crippen LogP contribution in [0.1, 0.15) is 5.69 Å². The monoisotopic (exact) mass is 218 g/mol. The summed E-state index contributed by atoms with van der Waals surface area (Å²) in [6.45, 7) is 0.531. The van der Waals surface area contributed by atoms with E-state index in [-0.39, 0.29) is 5.95 Å². The maximum atomic E-state index is 5.63. The number of benzene rings is 1. The molecule has 1 aromatic carbocycles. The third-order valence-corrected chi connectivity index (χ3v) is 2.38. The number of anilines is 1. The van der Waals surface area contributed by atoms with Gasteiger partial charge in [0, 0.05) is 11.8 Å². The molecule has 0 fully saturated rings. The second kappa shape index (κ2) is 4.32. The maximum absolute atomic E-state index is 5.63. The number of nitrogens with two attached hydrogens (primary N) is 2. The number of hydrogen-bond donors (Lipinski definition) is 2. The highest BCUT2D eigenvalue weighted by molar-refractivity contribution is 5.83. The summed E-state index contributed by atoms with van der Waals surface area (Å²) in [7, 11) is 1.63. The van der Waals surface area contributed by atoms with Crippen LogP contribution < -0.4 is 16.2 Å². The lowest BCUT2D eigenvalue weighted by Gasteiger charge is -2.07. The molecule has 84 valence electrons. The molecule has 0 atom stereocenters. The van der Waals surface area contributed by atoms with Crippen molar-refractivity contribution in [1.29, 1.82) is 0 Å². The summed E-state index contributed by atoms with van der Waals surface area (Å²) in [5.41, 5.74) is 12.9. The van der Waals surface area contributed by atoms with Crippen LogP contribution >= 0.6 is 0 Å². The van der Waals surface area contributed by atoms with Crippen LogP contribution in [0.5, 0.6) is 5.75 Å². The summed E-state index contributed by atoms with van der Waals surface area (Å²) < 4.78 is 5.17. The number of methoxy groups -OCH3 is 1. The first-order valence-electron chi connectivity index (χ1n) is 5.05. The molecular formula is C11H14N4O. The van der Waals surface area contributed by atoms with Crippen LogP contribution in [0.15, 0.2) is 18.2 Å². The standard InChI is InChI=1S/C11H14N4O/c1-16-7-2-3-9-8(6-7)10(4-5-12)15-11(13)14-9/h2-3,6H,4-5,12H2,1H3,(H2,13,14,15). The van der Waals surface area contributed by atoms with Crippen LogP contribution in [-0.4, -0.2) is 23.6 Å². The Morgan fingerprint density at radius 1 is 1.31 bits per heavy atom. The molecule has 0 saturated heterocycles. The molecule has 0 bridgehead atoms. The summed E-state index contributed by atoms with van der Waals surface area (Å²) >= 11 is 0. The van der Waals surface area contributed by atoms with E-state index in [1.54, 1.807) is 7.11 Å². The minimum atomic E-state index is 0.279. The maximum Gasteiger partial charge on any atom is 0.220 e. The zero-order valence-electron chi connectivity index (χ0n) is 9.10. The van der Waals surface area contributed by atoms with E-state index in [9.17, 15) is 0 Å². The van der Waals surface area contributed by atoms with E-state index in [2.05, 4.69) is 9.97 Å². The SMILES string of the molecule is COc1ccc2nc(N)nc(CCN)c2c1. The first-order valence-corrected chi connectivity index (χ1v) is 5.05. The minimum Gasteiger partial charge on any atom is -0.497 e. The molecule has 1 heterocycles. The van der Waals surface area contributed by atoms with Crippen molar-refractivity contribution in [2.24, 2.45) is 5.73 Å². The molecule has 16 heavy (non-hydrogen) atoms. The molecule has 0 spiro atoms. The molecule has 4 N–H and O–H groups in total. The molecule has 5 nitrogen and oxygen atoms in total. The Bertz CT molecular complexity index is 513. The molecule has 0 unspecified atom stereocenters. The molecule has 0 aliphatic carbocycles. The molecule has 2 aromatic rings. The van der Waals surface area contributed by atoms with Gasteiger partial charge in [-0.15, -0.1) is 0 Å². The Hall–Kier alpha value is -1.88. The number of aromatic nitrogens is 2. The topological polar surface area (TPSA) is 87.0 Å². The van der Waals surface area contributed by atoms with E-state index in [1.807, 2.05) is 18.2 Å². The molecule has 2 rings (SSSR count). The van der Waals surface area contributed by atoms with E-state index in [0.717, 1.165) is 22.3 Å². The van der Waals surface area contributed by atoms with Crippen molar-refractivity contribution in [1.82, 2.24) is 9.97 Å². The number of ether oxygens (including phenoxy) is 1. The van der Waals surface area contributed by atoms with Crippen molar-refractivity contribution in [3.63, 3.8) is 0 Å². The molecule has 0 saturated carbocycles. The van der Waals surface area contributed by atoms with E-state index in [4.69, 9.17) is 16.2 Å². The second-order valence-corrected chi connectivity index (χ2v) is 3.45. The Labute approximate surface area is 93.4 Å². The molecule has 5 heteroatoms.